The molecule has 0 fully saturated rings. The number of carbonyl (C=O) groups excluding carboxylic acids is 1. The zero-order valence-electron chi connectivity index (χ0n) is 11.3. The van der Waals surface area contributed by atoms with Crippen LogP contribution in [0.25, 0.3) is 0 Å². The Hall–Kier alpha value is -1.55. The third-order valence-electron chi connectivity index (χ3n) is 2.81. The Labute approximate surface area is 118 Å². The van der Waals surface area contributed by atoms with Gasteiger partial charge in [-0.25, -0.2) is 0 Å². The number of hydrogen-bond acceptors (Lipinski definition) is 3. The van der Waals surface area contributed by atoms with E-state index in [9.17, 15) is 4.79 Å². The van der Waals surface area contributed by atoms with Crippen LogP contribution in [0.1, 0.15) is 18.3 Å². The number of hydrogen-bond donors (Lipinski definition) is 0. The summed E-state index contributed by atoms with van der Waals surface area (Å²) < 4.78 is 1.90. The Bertz CT molecular complexity index is 549. The Morgan fingerprint density at radius 2 is 2.05 bits per heavy atom. The number of aryl methyl sites for hydroxylation is 2. The first-order chi connectivity index (χ1) is 9.19. The van der Waals surface area contributed by atoms with E-state index in [1.807, 2.05) is 54.9 Å². The summed E-state index contributed by atoms with van der Waals surface area (Å²) in [5.41, 5.74) is 1.99. The van der Waals surface area contributed by atoms with Gasteiger partial charge in [0, 0.05) is 23.6 Å². The fraction of sp³-hybridized carbons (Fsp3) is 0.333. The molecule has 0 atom stereocenters. The number of aromatic nitrogens is 2. The molecule has 100 valence electrons. The van der Waals surface area contributed by atoms with Crippen molar-refractivity contribution >= 4 is 17.5 Å². The summed E-state index contributed by atoms with van der Waals surface area (Å²) in [6, 6.07) is 12.0. The maximum absolute atomic E-state index is 12.0. The lowest BCUT2D eigenvalue weighted by atomic mass is 10.2. The van der Waals surface area contributed by atoms with Gasteiger partial charge in [-0.1, -0.05) is 18.2 Å². The van der Waals surface area contributed by atoms with Crippen molar-refractivity contribution in [3.05, 3.63) is 47.8 Å². The average Bonchev–Trinajstić information content (AvgIpc) is 2.77. The van der Waals surface area contributed by atoms with Crippen molar-refractivity contribution in [1.29, 1.82) is 0 Å². The van der Waals surface area contributed by atoms with E-state index in [0.717, 1.165) is 22.8 Å². The lowest BCUT2D eigenvalue weighted by molar-refractivity contribution is -0.116. The van der Waals surface area contributed by atoms with E-state index in [2.05, 4.69) is 5.10 Å². The quantitative estimate of drug-likeness (QED) is 0.759. The van der Waals surface area contributed by atoms with Gasteiger partial charge in [0.1, 0.15) is 5.78 Å². The zero-order chi connectivity index (χ0) is 13.7. The van der Waals surface area contributed by atoms with Gasteiger partial charge in [0.2, 0.25) is 0 Å². The minimum atomic E-state index is 0.239. The first-order valence-electron chi connectivity index (χ1n) is 6.42. The van der Waals surface area contributed by atoms with Crippen LogP contribution in [0.4, 0.5) is 0 Å². The van der Waals surface area contributed by atoms with Gasteiger partial charge in [-0.05, 0) is 32.0 Å². The van der Waals surface area contributed by atoms with Crippen molar-refractivity contribution < 1.29 is 4.79 Å². The molecule has 0 unspecified atom stereocenters. The molecule has 0 aliphatic rings. The molecule has 1 heterocycles. The summed E-state index contributed by atoms with van der Waals surface area (Å²) in [4.78, 5) is 13.1. The summed E-state index contributed by atoms with van der Waals surface area (Å²) >= 11 is 1.59. The Morgan fingerprint density at radius 3 is 2.74 bits per heavy atom. The molecule has 0 amide bonds. The number of ketones is 1. The SMILES string of the molecule is CCn1nc(C)cc1CC(=O)CSc1ccccc1. The highest BCUT2D eigenvalue weighted by molar-refractivity contribution is 8.00. The van der Waals surface area contributed by atoms with Crippen molar-refractivity contribution in [3.8, 4) is 0 Å². The molecule has 1 aromatic carbocycles. The number of nitrogens with zero attached hydrogens (tertiary/aromatic N) is 2. The largest absolute Gasteiger partial charge is 0.298 e. The van der Waals surface area contributed by atoms with E-state index in [4.69, 9.17) is 0 Å². The topological polar surface area (TPSA) is 34.9 Å². The standard InChI is InChI=1S/C15H18N2OS/c1-3-17-13(9-12(2)16-17)10-14(18)11-19-15-7-5-4-6-8-15/h4-9H,3,10-11H2,1-2H3. The molecule has 4 heteroatoms. The van der Waals surface area contributed by atoms with Crippen molar-refractivity contribution in [2.24, 2.45) is 0 Å². The van der Waals surface area contributed by atoms with Gasteiger partial charge in [-0.3, -0.25) is 9.48 Å². The minimum absolute atomic E-state index is 0.239. The Balaban J connectivity index is 1.91. The normalized spacial score (nSPS) is 10.6. The molecule has 0 aliphatic heterocycles. The molecule has 3 nitrogen and oxygen atoms in total. The molecule has 0 saturated carbocycles. The number of thioether (sulfide) groups is 1. The molecule has 0 saturated heterocycles. The van der Waals surface area contributed by atoms with Crippen molar-refractivity contribution in [1.82, 2.24) is 9.78 Å². The molecular weight excluding hydrogens is 256 g/mol. The first kappa shape index (κ1) is 13.9. The Kier molecular flexibility index (Phi) is 4.80. The van der Waals surface area contributed by atoms with Crippen LogP contribution in [0, 0.1) is 6.92 Å². The number of carbonyl (C=O) groups is 1. The van der Waals surface area contributed by atoms with Crippen LogP contribution in [0.5, 0.6) is 0 Å². The van der Waals surface area contributed by atoms with Gasteiger partial charge in [0.25, 0.3) is 0 Å². The van der Waals surface area contributed by atoms with Crippen molar-refractivity contribution in [2.45, 2.75) is 31.7 Å². The second-order valence-corrected chi connectivity index (χ2v) is 5.46. The number of rotatable bonds is 6. The summed E-state index contributed by atoms with van der Waals surface area (Å²) in [5, 5.41) is 4.36. The highest BCUT2D eigenvalue weighted by Gasteiger charge is 2.10. The second kappa shape index (κ2) is 6.57. The average molecular weight is 274 g/mol. The molecule has 0 radical (unpaired) electrons. The number of Topliss-reactive ketones (excluding diaryl/α,β-unsaturated/α-hetero) is 1. The fourth-order valence-electron chi connectivity index (χ4n) is 1.95. The van der Waals surface area contributed by atoms with Crippen LogP contribution in [-0.2, 0) is 17.8 Å². The first-order valence-corrected chi connectivity index (χ1v) is 7.40. The zero-order valence-corrected chi connectivity index (χ0v) is 12.1. The molecule has 19 heavy (non-hydrogen) atoms. The maximum Gasteiger partial charge on any atom is 0.149 e. The van der Waals surface area contributed by atoms with Crippen LogP contribution in [0.3, 0.4) is 0 Å². The minimum Gasteiger partial charge on any atom is -0.298 e. The van der Waals surface area contributed by atoms with Gasteiger partial charge in [0.05, 0.1) is 11.4 Å². The van der Waals surface area contributed by atoms with E-state index < -0.39 is 0 Å². The summed E-state index contributed by atoms with van der Waals surface area (Å²) in [6.07, 6.45) is 0.467. The van der Waals surface area contributed by atoms with E-state index in [1.165, 1.54) is 0 Å². The highest BCUT2D eigenvalue weighted by Crippen LogP contribution is 2.17. The maximum atomic E-state index is 12.0. The van der Waals surface area contributed by atoms with Gasteiger partial charge in [-0.2, -0.15) is 5.10 Å². The van der Waals surface area contributed by atoms with Crippen LogP contribution in [0.15, 0.2) is 41.3 Å². The molecule has 0 aliphatic carbocycles. The molecule has 2 aromatic rings. The lowest BCUT2D eigenvalue weighted by Crippen LogP contribution is -2.11. The smallest absolute Gasteiger partial charge is 0.149 e. The van der Waals surface area contributed by atoms with Crippen LogP contribution in [0.2, 0.25) is 0 Å². The molecular formula is C15H18N2OS. The second-order valence-electron chi connectivity index (χ2n) is 4.41. The third-order valence-corrected chi connectivity index (χ3v) is 3.88. The lowest BCUT2D eigenvalue weighted by Gasteiger charge is -2.04. The summed E-state index contributed by atoms with van der Waals surface area (Å²) in [7, 11) is 0. The van der Waals surface area contributed by atoms with Crippen LogP contribution in [-0.4, -0.2) is 21.3 Å². The van der Waals surface area contributed by atoms with Gasteiger partial charge < -0.3 is 0 Å². The van der Waals surface area contributed by atoms with Crippen LogP contribution < -0.4 is 0 Å². The molecule has 0 N–H and O–H groups in total. The predicted octanol–water partition coefficient (Wildman–Crippen LogP) is 3.12. The monoisotopic (exact) mass is 274 g/mol. The molecule has 0 spiro atoms. The molecule has 1 aromatic heterocycles. The van der Waals surface area contributed by atoms with E-state index in [1.54, 1.807) is 11.8 Å². The highest BCUT2D eigenvalue weighted by atomic mass is 32.2. The van der Waals surface area contributed by atoms with Crippen LogP contribution >= 0.6 is 11.8 Å². The van der Waals surface area contributed by atoms with E-state index in [0.29, 0.717) is 12.2 Å². The molecule has 2 rings (SSSR count). The van der Waals surface area contributed by atoms with Gasteiger partial charge in [0.15, 0.2) is 0 Å². The van der Waals surface area contributed by atoms with Gasteiger partial charge >= 0.3 is 0 Å². The third kappa shape index (κ3) is 3.96. The predicted molar refractivity (Wildman–Crippen MR) is 78.5 cm³/mol. The Morgan fingerprint density at radius 1 is 1.32 bits per heavy atom. The van der Waals surface area contributed by atoms with Crippen molar-refractivity contribution in [2.75, 3.05) is 5.75 Å². The van der Waals surface area contributed by atoms with E-state index >= 15 is 0 Å². The summed E-state index contributed by atoms with van der Waals surface area (Å²) in [5.74, 6) is 0.751. The van der Waals surface area contributed by atoms with E-state index in [-0.39, 0.29) is 5.78 Å². The summed E-state index contributed by atoms with van der Waals surface area (Å²) in [6.45, 7) is 4.81. The van der Waals surface area contributed by atoms with Gasteiger partial charge in [-0.15, -0.1) is 11.8 Å². The van der Waals surface area contributed by atoms with Crippen molar-refractivity contribution in [3.63, 3.8) is 0 Å². The molecule has 0 bridgehead atoms. The fourth-order valence-corrected chi connectivity index (χ4v) is 2.73. The number of benzene rings is 1.